The Labute approximate surface area is 451 Å². The maximum Gasteiger partial charge on any atom is 0.310 e. The lowest BCUT2D eigenvalue weighted by atomic mass is 9.68. The highest BCUT2D eigenvalue weighted by Crippen LogP contribution is 2.46. The standard InChI is InChI=1S/C53H86FIN6O13/c1-29-25-52(8,69-13)47(31(3)41(40-26-51(7,68-12)46(64)34(6)72-40)32(4)48(65)74-50(55)53(9,66)45(63)33(5)42(29)56)73-49-43(62)38(24-30(2)71-49)59(10)19-18-36-28-61(58-57-36)39(27-54)44(67-11)35-14-16-37(17-15-35)60-20-22-70-23-21-60/h14-17,28-34,38-41,43-47,49-50,56,62-64,66H,18-27H2,1-13H3/t29-,30-,31+,32-,33+,34+,38+,39-,40-,41?,43-,44-,45-,46+,47-,49+,50+,51-,52-,53+/m1/s1. The number of aliphatic hydroxyl groups is 4. The minimum absolute atomic E-state index is 0.149. The first-order chi connectivity index (χ1) is 34.9. The molecule has 74 heavy (non-hydrogen) atoms. The number of methoxy groups -OCH3 is 3. The number of aromatic nitrogens is 3. The number of nitrogens with zero attached hydrogens (tertiary/aromatic N) is 5. The van der Waals surface area contributed by atoms with Crippen molar-refractivity contribution in [3.05, 3.63) is 41.7 Å². The first-order valence-corrected chi connectivity index (χ1v) is 27.5. The zero-order valence-electron chi connectivity index (χ0n) is 45.7. The van der Waals surface area contributed by atoms with Crippen LogP contribution in [0.25, 0.3) is 0 Å². The van der Waals surface area contributed by atoms with Crippen LogP contribution in [0.3, 0.4) is 0 Å². The molecule has 19 nitrogen and oxygen atoms in total. The minimum Gasteiger partial charge on any atom is -0.448 e. The van der Waals surface area contributed by atoms with Gasteiger partial charge in [-0.15, -0.1) is 5.10 Å². The Morgan fingerprint density at radius 3 is 2.20 bits per heavy atom. The first-order valence-electron chi connectivity index (χ1n) is 26.2. The van der Waals surface area contributed by atoms with Crippen LogP contribution in [0.15, 0.2) is 30.5 Å². The molecule has 1 aromatic heterocycles. The van der Waals surface area contributed by atoms with Crippen molar-refractivity contribution in [2.75, 3.05) is 72.8 Å². The SMILES string of the molecule is CO[C@H](c1ccc(N2CCOCC2)cc1)[C@@H](CF)n1cc(CCN(C)[C@H]2C[C@@H](C)O[C@@H](O[C@@H]3[C@@H](C)C([C@H]4C[C@@](C)(OC)[C@@H](O)[C@H](C)O4)[C@@H](C)C(=O)O[C@H](I)[C@@](C)(O)[C@H](O)[C@@H](C)C(=N)[C@H](C)C[C@@]3(C)OC)[C@@H]2O)nn1. The predicted molar refractivity (Wildman–Crippen MR) is 283 cm³/mol. The van der Waals surface area contributed by atoms with E-state index in [1.807, 2.05) is 86.5 Å². The number of ether oxygens (including phenoxy) is 8. The number of likely N-dealkylation sites (N-methyl/N-ethyl adjacent to an activating group) is 1. The van der Waals surface area contributed by atoms with Crippen LogP contribution >= 0.6 is 22.6 Å². The molecule has 0 radical (unpaired) electrons. The molecule has 420 valence electrons. The number of anilines is 1. The third-order valence-corrected chi connectivity index (χ3v) is 18.5. The molecule has 20 atom stereocenters. The second-order valence-corrected chi connectivity index (χ2v) is 23.3. The van der Waals surface area contributed by atoms with E-state index in [1.165, 1.54) is 18.7 Å². The van der Waals surface area contributed by atoms with Gasteiger partial charge in [-0.3, -0.25) is 4.79 Å². The molecule has 0 amide bonds. The van der Waals surface area contributed by atoms with Crippen LogP contribution in [-0.2, 0) is 49.1 Å². The molecule has 0 saturated carbocycles. The number of carbonyl (C=O) groups is 1. The lowest BCUT2D eigenvalue weighted by molar-refractivity contribution is -0.304. The van der Waals surface area contributed by atoms with Crippen molar-refractivity contribution >= 4 is 40.0 Å². The number of hydrogen-bond acceptors (Lipinski definition) is 18. The van der Waals surface area contributed by atoms with E-state index >= 15 is 0 Å². The van der Waals surface area contributed by atoms with Gasteiger partial charge < -0.3 is 73.5 Å². The van der Waals surface area contributed by atoms with Gasteiger partial charge >= 0.3 is 5.97 Å². The second-order valence-electron chi connectivity index (χ2n) is 22.2. The van der Waals surface area contributed by atoms with E-state index in [0.717, 1.165) is 24.3 Å². The van der Waals surface area contributed by atoms with Crippen molar-refractivity contribution in [2.24, 2.45) is 29.6 Å². The average molecular weight is 1160 g/mol. The van der Waals surface area contributed by atoms with Crippen molar-refractivity contribution in [2.45, 2.75) is 176 Å². The normalized spacial score (nSPS) is 40.1. The van der Waals surface area contributed by atoms with Gasteiger partial charge in [-0.05, 0) is 107 Å². The van der Waals surface area contributed by atoms with Gasteiger partial charge in [0.05, 0.1) is 66.5 Å². The van der Waals surface area contributed by atoms with Gasteiger partial charge in [-0.25, -0.2) is 9.07 Å². The van der Waals surface area contributed by atoms with E-state index < -0.39 is 124 Å². The van der Waals surface area contributed by atoms with Crippen LogP contribution < -0.4 is 4.90 Å². The molecule has 1 unspecified atom stereocenters. The van der Waals surface area contributed by atoms with E-state index in [9.17, 15) is 35.0 Å². The third-order valence-electron chi connectivity index (χ3n) is 17.0. The molecule has 6 rings (SSSR count). The summed E-state index contributed by atoms with van der Waals surface area (Å²) in [7, 11) is 6.55. The Kier molecular flexibility index (Phi) is 20.9. The van der Waals surface area contributed by atoms with Gasteiger partial charge in [0.2, 0.25) is 0 Å². The maximum atomic E-state index is 14.9. The number of halogens is 2. The van der Waals surface area contributed by atoms with Gasteiger partial charge in [-0.2, -0.15) is 0 Å². The summed E-state index contributed by atoms with van der Waals surface area (Å²) >= 11 is 1.82. The summed E-state index contributed by atoms with van der Waals surface area (Å²) in [5.41, 5.74) is -1.57. The van der Waals surface area contributed by atoms with Crippen molar-refractivity contribution in [3.63, 3.8) is 0 Å². The largest absolute Gasteiger partial charge is 0.448 e. The van der Waals surface area contributed by atoms with Crippen molar-refractivity contribution in [1.82, 2.24) is 19.9 Å². The number of nitrogens with one attached hydrogen (secondary N) is 1. The fourth-order valence-corrected chi connectivity index (χ4v) is 12.7. The molecule has 4 saturated heterocycles. The summed E-state index contributed by atoms with van der Waals surface area (Å²) < 4.78 is 65.3. The van der Waals surface area contributed by atoms with Crippen LogP contribution in [0, 0.1) is 35.0 Å². The molecule has 2 aromatic rings. The smallest absolute Gasteiger partial charge is 0.310 e. The van der Waals surface area contributed by atoms with Crippen molar-refractivity contribution in [1.29, 1.82) is 5.41 Å². The number of rotatable bonds is 15. The number of carbonyl (C=O) groups excluding carboxylic acids is 1. The molecule has 1 aromatic carbocycles. The fourth-order valence-electron chi connectivity index (χ4n) is 12.0. The van der Waals surface area contributed by atoms with Crippen molar-refractivity contribution < 1.29 is 67.5 Å². The van der Waals surface area contributed by atoms with E-state index in [1.54, 1.807) is 48.1 Å². The van der Waals surface area contributed by atoms with Crippen LogP contribution in [0.4, 0.5) is 10.1 Å². The molecule has 5 N–H and O–H groups in total. The van der Waals surface area contributed by atoms with Crippen LogP contribution in [0.1, 0.15) is 105 Å². The molecule has 4 fully saturated rings. The fraction of sp³-hybridized carbons (Fsp3) is 0.811. The summed E-state index contributed by atoms with van der Waals surface area (Å²) in [6.07, 6.45) is -5.20. The quantitative estimate of drug-likeness (QED) is 0.0889. The van der Waals surface area contributed by atoms with Gasteiger partial charge in [0.25, 0.3) is 0 Å². The Morgan fingerprint density at radius 1 is 0.946 bits per heavy atom. The summed E-state index contributed by atoms with van der Waals surface area (Å²) in [4.78, 5) is 18.8. The molecular formula is C53H86FIN6O13. The molecule has 5 heterocycles. The summed E-state index contributed by atoms with van der Waals surface area (Å²) in [5, 5.41) is 65.1. The van der Waals surface area contributed by atoms with Crippen LogP contribution in [-0.4, -0.2) is 196 Å². The monoisotopic (exact) mass is 1160 g/mol. The minimum atomic E-state index is -1.94. The zero-order chi connectivity index (χ0) is 54.6. The highest BCUT2D eigenvalue weighted by Gasteiger charge is 2.56. The average Bonchev–Trinajstić information content (AvgIpc) is 3.86. The van der Waals surface area contributed by atoms with Gasteiger partial charge in [0.15, 0.2) is 10.4 Å². The number of hydrogen-bond donors (Lipinski definition) is 5. The second kappa shape index (κ2) is 25.5. The Bertz CT molecular complexity index is 2120. The zero-order valence-corrected chi connectivity index (χ0v) is 47.9. The molecule has 0 bridgehead atoms. The van der Waals surface area contributed by atoms with E-state index in [0.29, 0.717) is 38.3 Å². The Morgan fingerprint density at radius 2 is 1.59 bits per heavy atom. The molecular weight excluding hydrogens is 1070 g/mol. The lowest BCUT2D eigenvalue weighted by Crippen LogP contribution is -2.62. The van der Waals surface area contributed by atoms with Crippen LogP contribution in [0.5, 0.6) is 0 Å². The third kappa shape index (κ3) is 13.1. The van der Waals surface area contributed by atoms with E-state index in [2.05, 4.69) is 15.2 Å². The summed E-state index contributed by atoms with van der Waals surface area (Å²) in [5.74, 6) is -4.32. The molecule has 4 aliphatic heterocycles. The predicted octanol–water partition coefficient (Wildman–Crippen LogP) is 5.09. The molecule has 4 aliphatic rings. The number of cyclic esters (lactones) is 1. The van der Waals surface area contributed by atoms with Crippen LogP contribution in [0.2, 0.25) is 0 Å². The molecule has 21 heteroatoms. The Balaban J connectivity index is 1.26. The van der Waals surface area contributed by atoms with E-state index in [-0.39, 0.29) is 24.7 Å². The topological polar surface area (TPSA) is 233 Å². The molecule has 0 aliphatic carbocycles. The number of alkyl halides is 2. The van der Waals surface area contributed by atoms with Gasteiger partial charge in [0.1, 0.15) is 36.6 Å². The summed E-state index contributed by atoms with van der Waals surface area (Å²) in [6.45, 7) is 18.6. The highest BCUT2D eigenvalue weighted by atomic mass is 127. The molecule has 0 spiro atoms. The summed E-state index contributed by atoms with van der Waals surface area (Å²) in [6, 6.07) is 6.73. The Hall–Kier alpha value is -2.52. The first kappa shape index (κ1) is 60.7. The number of benzene rings is 1. The van der Waals surface area contributed by atoms with Crippen molar-refractivity contribution in [3.8, 4) is 0 Å². The number of aliphatic hydroxyl groups excluding tert-OH is 3. The number of morpholine rings is 1. The highest BCUT2D eigenvalue weighted by molar-refractivity contribution is 14.1. The number of esters is 1. The van der Waals surface area contributed by atoms with Gasteiger partial charge in [-0.1, -0.05) is 45.0 Å². The lowest BCUT2D eigenvalue weighted by Gasteiger charge is -2.52. The van der Waals surface area contributed by atoms with E-state index in [4.69, 9.17) is 37.9 Å². The maximum absolute atomic E-state index is 14.9. The van der Waals surface area contributed by atoms with Gasteiger partial charge in [0, 0.05) is 89.3 Å².